The second-order valence-electron chi connectivity index (χ2n) is 7.52. The van der Waals surface area contributed by atoms with Gasteiger partial charge < -0.3 is 15.1 Å². The first-order valence-electron chi connectivity index (χ1n) is 10.2. The Morgan fingerprint density at radius 3 is 2.85 bits per heavy atom. The maximum Gasteiger partial charge on any atom is 0.288 e. The molecule has 0 atom stereocenters. The molecular formula is C25H16ClFN6O. The van der Waals surface area contributed by atoms with Crippen LogP contribution in [-0.2, 0) is 6.54 Å². The lowest BCUT2D eigenvalue weighted by Gasteiger charge is -2.09. The third kappa shape index (κ3) is 4.12. The molecule has 2 aromatic carbocycles. The van der Waals surface area contributed by atoms with Gasteiger partial charge in [-0.25, -0.2) is 9.07 Å². The molecule has 0 aliphatic heterocycles. The summed E-state index contributed by atoms with van der Waals surface area (Å²) in [4.78, 5) is 22.8. The predicted octanol–water partition coefficient (Wildman–Crippen LogP) is 5.69. The average Bonchev–Trinajstić information content (AvgIpc) is 3.52. The molecule has 0 saturated heterocycles. The number of carbonyl (C=O) groups excluding carboxylic acids is 1. The molecule has 0 spiro atoms. The van der Waals surface area contributed by atoms with Crippen LogP contribution in [0, 0.1) is 12.4 Å². The summed E-state index contributed by atoms with van der Waals surface area (Å²) in [7, 11) is 0. The van der Waals surface area contributed by atoms with Gasteiger partial charge in [0, 0.05) is 46.5 Å². The van der Waals surface area contributed by atoms with E-state index in [0.29, 0.717) is 28.1 Å². The largest absolute Gasteiger partial charge is 0.361 e. The van der Waals surface area contributed by atoms with Gasteiger partial charge in [-0.15, -0.1) is 4.98 Å². The number of benzene rings is 2. The van der Waals surface area contributed by atoms with Crippen molar-refractivity contribution in [2.75, 3.05) is 0 Å². The molecule has 9 heteroatoms. The van der Waals surface area contributed by atoms with Gasteiger partial charge in [0.15, 0.2) is 0 Å². The minimum absolute atomic E-state index is 0.0536. The molecule has 0 saturated carbocycles. The Kier molecular flexibility index (Phi) is 5.54. The van der Waals surface area contributed by atoms with Gasteiger partial charge in [0.1, 0.15) is 12.0 Å². The van der Waals surface area contributed by atoms with Crippen molar-refractivity contribution < 1.29 is 9.18 Å². The number of H-pyrrole nitrogens is 1. The van der Waals surface area contributed by atoms with Crippen molar-refractivity contribution in [1.82, 2.24) is 25.1 Å². The maximum atomic E-state index is 14.8. The maximum absolute atomic E-state index is 14.8. The zero-order chi connectivity index (χ0) is 23.7. The molecule has 3 aromatic heterocycles. The van der Waals surface area contributed by atoms with E-state index in [0.717, 1.165) is 10.9 Å². The molecule has 0 aliphatic rings. The zero-order valence-corrected chi connectivity index (χ0v) is 18.3. The Hall–Kier alpha value is -4.48. The van der Waals surface area contributed by atoms with Crippen LogP contribution in [0.15, 0.2) is 73.2 Å². The van der Waals surface area contributed by atoms with Gasteiger partial charge in [0.25, 0.3) is 11.7 Å². The Morgan fingerprint density at radius 2 is 2.06 bits per heavy atom. The highest BCUT2D eigenvalue weighted by Gasteiger charge is 2.12. The molecule has 166 valence electrons. The first-order chi connectivity index (χ1) is 16.5. The van der Waals surface area contributed by atoms with E-state index in [-0.39, 0.29) is 23.3 Å². The minimum Gasteiger partial charge on any atom is -0.361 e. The number of nitrogens with one attached hydrogen (secondary N) is 2. The van der Waals surface area contributed by atoms with Crippen LogP contribution in [0.4, 0.5) is 10.2 Å². The number of hydrogen-bond donors (Lipinski definition) is 2. The fourth-order valence-electron chi connectivity index (χ4n) is 3.57. The Bertz CT molecular complexity index is 1580. The summed E-state index contributed by atoms with van der Waals surface area (Å²) in [5.41, 5.74) is 3.56. The number of halogens is 2. The molecule has 1 amide bonds. The van der Waals surface area contributed by atoms with E-state index in [1.54, 1.807) is 42.6 Å². The minimum atomic E-state index is -0.456. The van der Waals surface area contributed by atoms with Gasteiger partial charge in [0.05, 0.1) is 16.4 Å². The number of nitrogens with zero attached hydrogens (tertiary/aromatic N) is 4. The van der Waals surface area contributed by atoms with E-state index in [1.165, 1.54) is 16.9 Å². The van der Waals surface area contributed by atoms with Crippen molar-refractivity contribution in [1.29, 1.82) is 0 Å². The molecule has 0 bridgehead atoms. The number of carbonyl (C=O) groups is 1. The Balaban J connectivity index is 1.29. The second-order valence-corrected chi connectivity index (χ2v) is 7.93. The summed E-state index contributed by atoms with van der Waals surface area (Å²) in [5.74, 6) is -0.610. The standard InChI is InChI=1S/C25H16ClFN6O/c1-28-24-20(26)11-18(14-30-24)23-7-9-33(32-23)19-4-2-17(21(27)12-19)13-31-25(34)16-3-5-22-15(10-16)6-8-29-22/h2-12,14,29H,13H2,(H,31,34). The predicted molar refractivity (Wildman–Crippen MR) is 127 cm³/mol. The normalized spacial score (nSPS) is 10.9. The number of pyridine rings is 1. The topological polar surface area (TPSA) is 80.0 Å². The number of fused-ring (bicyclic) bond motifs is 1. The average molecular weight is 471 g/mol. The third-order valence-electron chi connectivity index (χ3n) is 5.37. The molecule has 3 heterocycles. The molecule has 7 nitrogen and oxygen atoms in total. The Morgan fingerprint density at radius 1 is 1.18 bits per heavy atom. The molecule has 0 radical (unpaired) electrons. The van der Waals surface area contributed by atoms with Gasteiger partial charge in [0.2, 0.25) is 0 Å². The van der Waals surface area contributed by atoms with Crippen molar-refractivity contribution in [3.8, 4) is 16.9 Å². The van der Waals surface area contributed by atoms with Gasteiger partial charge >= 0.3 is 0 Å². The van der Waals surface area contributed by atoms with E-state index in [4.69, 9.17) is 18.2 Å². The fraction of sp³-hybridized carbons (Fsp3) is 0.0400. The first-order valence-corrected chi connectivity index (χ1v) is 10.6. The number of rotatable bonds is 5. The van der Waals surface area contributed by atoms with E-state index < -0.39 is 5.82 Å². The molecule has 0 unspecified atom stereocenters. The molecule has 2 N–H and O–H groups in total. The van der Waals surface area contributed by atoms with Gasteiger partial charge in [-0.1, -0.05) is 24.2 Å². The number of amides is 1. The molecule has 5 aromatic rings. The lowest BCUT2D eigenvalue weighted by Crippen LogP contribution is -2.23. The number of aromatic amines is 1. The fourth-order valence-corrected chi connectivity index (χ4v) is 3.78. The zero-order valence-electron chi connectivity index (χ0n) is 17.6. The number of aromatic nitrogens is 4. The Labute approximate surface area is 198 Å². The summed E-state index contributed by atoms with van der Waals surface area (Å²) < 4.78 is 16.3. The van der Waals surface area contributed by atoms with Crippen LogP contribution < -0.4 is 5.32 Å². The van der Waals surface area contributed by atoms with E-state index in [9.17, 15) is 9.18 Å². The van der Waals surface area contributed by atoms with Crippen molar-refractivity contribution in [3.05, 3.63) is 107 Å². The first kappa shape index (κ1) is 21.4. The quantitative estimate of drug-likeness (QED) is 0.324. The molecule has 0 fully saturated rings. The van der Waals surface area contributed by atoms with Crippen LogP contribution >= 0.6 is 11.6 Å². The van der Waals surface area contributed by atoms with E-state index in [1.807, 2.05) is 18.3 Å². The van der Waals surface area contributed by atoms with E-state index >= 15 is 0 Å². The van der Waals surface area contributed by atoms with Crippen LogP contribution in [-0.4, -0.2) is 25.7 Å². The van der Waals surface area contributed by atoms with Gasteiger partial charge in [-0.3, -0.25) is 4.79 Å². The van der Waals surface area contributed by atoms with E-state index in [2.05, 4.69) is 25.2 Å². The second kappa shape index (κ2) is 8.81. The lowest BCUT2D eigenvalue weighted by atomic mass is 10.1. The smallest absolute Gasteiger partial charge is 0.288 e. The monoisotopic (exact) mass is 470 g/mol. The van der Waals surface area contributed by atoms with Crippen molar-refractivity contribution in [3.63, 3.8) is 0 Å². The van der Waals surface area contributed by atoms with Crippen molar-refractivity contribution >= 4 is 34.2 Å². The highest BCUT2D eigenvalue weighted by Crippen LogP contribution is 2.28. The van der Waals surface area contributed by atoms with Gasteiger partial charge in [-0.2, -0.15) is 5.10 Å². The van der Waals surface area contributed by atoms with Gasteiger partial charge in [-0.05, 0) is 48.5 Å². The molecule has 0 aliphatic carbocycles. The summed E-state index contributed by atoms with van der Waals surface area (Å²) in [6, 6.07) is 15.3. The summed E-state index contributed by atoms with van der Waals surface area (Å²) in [6.45, 7) is 7.09. The summed E-state index contributed by atoms with van der Waals surface area (Å²) >= 11 is 6.06. The van der Waals surface area contributed by atoms with Crippen LogP contribution in [0.5, 0.6) is 0 Å². The number of hydrogen-bond acceptors (Lipinski definition) is 3. The highest BCUT2D eigenvalue weighted by atomic mass is 35.5. The van der Waals surface area contributed by atoms with Crippen molar-refractivity contribution in [2.24, 2.45) is 0 Å². The van der Waals surface area contributed by atoms with Crippen molar-refractivity contribution in [2.45, 2.75) is 6.54 Å². The SMILES string of the molecule is [C-]#[N+]c1ncc(-c2ccn(-c3ccc(CNC(=O)c4ccc5[nH]ccc5c4)c(F)c3)n2)cc1Cl. The lowest BCUT2D eigenvalue weighted by molar-refractivity contribution is 0.0950. The molecule has 5 rings (SSSR count). The summed E-state index contributed by atoms with van der Waals surface area (Å²) in [6.07, 6.45) is 5.02. The summed E-state index contributed by atoms with van der Waals surface area (Å²) in [5, 5.41) is 8.39. The third-order valence-corrected chi connectivity index (χ3v) is 5.65. The van der Waals surface area contributed by atoms with Crippen LogP contribution in [0.2, 0.25) is 5.02 Å². The molecular weight excluding hydrogens is 455 g/mol. The van der Waals surface area contributed by atoms with Crippen LogP contribution in [0.3, 0.4) is 0 Å². The highest BCUT2D eigenvalue weighted by molar-refractivity contribution is 6.33. The van der Waals surface area contributed by atoms with Crippen LogP contribution in [0.1, 0.15) is 15.9 Å². The molecule has 34 heavy (non-hydrogen) atoms. The van der Waals surface area contributed by atoms with Crippen LogP contribution in [0.25, 0.3) is 32.7 Å².